The summed E-state index contributed by atoms with van der Waals surface area (Å²) >= 11 is 0. The SMILES string of the molecule is NC(N)=NCCCCNC(=O)[C@H](Cc1ccc(-c2ccccc2)cc1)NC(=O)[C@H](CN=C(N)N)NC(=O)[C@@H](N)Cc1ccc(-c2ccccc2)cc1. The quantitative estimate of drug-likeness (QED) is 0.0428. The maximum absolute atomic E-state index is 13.7. The van der Waals surface area contributed by atoms with Crippen molar-refractivity contribution in [2.75, 3.05) is 19.6 Å². The lowest BCUT2D eigenvalue weighted by Gasteiger charge is -2.24. The van der Waals surface area contributed by atoms with E-state index in [2.05, 4.69) is 25.9 Å². The first-order chi connectivity index (χ1) is 25.1. The van der Waals surface area contributed by atoms with Gasteiger partial charge in [-0.3, -0.25) is 24.4 Å². The number of hydrogen-bond donors (Lipinski definition) is 8. The van der Waals surface area contributed by atoms with E-state index in [0.717, 1.165) is 33.4 Å². The van der Waals surface area contributed by atoms with Crippen LogP contribution in [-0.4, -0.2) is 67.4 Å². The Morgan fingerprint density at radius 3 is 1.54 bits per heavy atom. The number of nitrogens with zero attached hydrogens (tertiary/aromatic N) is 2. The Balaban J connectivity index is 1.44. The molecule has 0 saturated carbocycles. The summed E-state index contributed by atoms with van der Waals surface area (Å²) in [7, 11) is 0. The van der Waals surface area contributed by atoms with Gasteiger partial charge in [-0.25, -0.2) is 0 Å². The zero-order chi connectivity index (χ0) is 37.3. The molecule has 3 amide bonds. The van der Waals surface area contributed by atoms with E-state index in [1.165, 1.54) is 0 Å². The molecule has 13 nitrogen and oxygen atoms in total. The first-order valence-corrected chi connectivity index (χ1v) is 17.1. The second kappa shape index (κ2) is 19.8. The molecular formula is C39H48N10O3. The third kappa shape index (κ3) is 12.6. The summed E-state index contributed by atoms with van der Waals surface area (Å²) in [5.74, 6) is -1.87. The van der Waals surface area contributed by atoms with Crippen LogP contribution in [0.4, 0.5) is 0 Å². The first kappa shape index (κ1) is 38.6. The predicted molar refractivity (Wildman–Crippen MR) is 207 cm³/mol. The molecule has 0 unspecified atom stereocenters. The average Bonchev–Trinajstić information content (AvgIpc) is 3.15. The Morgan fingerprint density at radius 2 is 1.02 bits per heavy atom. The highest BCUT2D eigenvalue weighted by Crippen LogP contribution is 2.21. The van der Waals surface area contributed by atoms with Crippen LogP contribution in [0.5, 0.6) is 0 Å². The van der Waals surface area contributed by atoms with E-state index >= 15 is 0 Å². The zero-order valence-electron chi connectivity index (χ0n) is 29.1. The van der Waals surface area contributed by atoms with Crippen molar-refractivity contribution in [2.45, 2.75) is 43.8 Å². The van der Waals surface area contributed by atoms with Crippen molar-refractivity contribution in [2.24, 2.45) is 38.7 Å². The molecule has 0 heterocycles. The summed E-state index contributed by atoms with van der Waals surface area (Å²) in [5, 5.41) is 8.37. The molecule has 0 radical (unpaired) electrons. The number of carbonyl (C=O) groups is 3. The molecule has 0 spiro atoms. The predicted octanol–water partition coefficient (Wildman–Crippen LogP) is 1.55. The van der Waals surface area contributed by atoms with Crippen molar-refractivity contribution in [1.82, 2.24) is 16.0 Å². The van der Waals surface area contributed by atoms with E-state index < -0.39 is 35.8 Å². The second-order valence-electron chi connectivity index (χ2n) is 12.3. The van der Waals surface area contributed by atoms with Gasteiger partial charge in [-0.1, -0.05) is 109 Å². The van der Waals surface area contributed by atoms with Crippen LogP contribution in [0.15, 0.2) is 119 Å². The van der Waals surface area contributed by atoms with Crippen LogP contribution >= 0.6 is 0 Å². The van der Waals surface area contributed by atoms with E-state index in [9.17, 15) is 14.4 Å². The van der Waals surface area contributed by atoms with Gasteiger partial charge in [0.05, 0.1) is 12.6 Å². The van der Waals surface area contributed by atoms with Gasteiger partial charge in [0.1, 0.15) is 12.1 Å². The third-order valence-electron chi connectivity index (χ3n) is 8.26. The number of amides is 3. The van der Waals surface area contributed by atoms with E-state index in [1.54, 1.807) is 0 Å². The highest BCUT2D eigenvalue weighted by Gasteiger charge is 2.28. The zero-order valence-corrected chi connectivity index (χ0v) is 29.1. The van der Waals surface area contributed by atoms with Crippen molar-refractivity contribution < 1.29 is 14.4 Å². The lowest BCUT2D eigenvalue weighted by atomic mass is 10.00. The Bertz CT molecular complexity index is 1790. The molecule has 3 atom stereocenters. The van der Waals surface area contributed by atoms with E-state index in [4.69, 9.17) is 28.7 Å². The summed E-state index contributed by atoms with van der Waals surface area (Å²) < 4.78 is 0. The Morgan fingerprint density at radius 1 is 0.538 bits per heavy atom. The van der Waals surface area contributed by atoms with Crippen molar-refractivity contribution in [1.29, 1.82) is 0 Å². The van der Waals surface area contributed by atoms with Gasteiger partial charge in [-0.15, -0.1) is 0 Å². The van der Waals surface area contributed by atoms with Gasteiger partial charge in [0.15, 0.2) is 11.9 Å². The molecule has 0 aliphatic heterocycles. The van der Waals surface area contributed by atoms with Crippen LogP contribution in [0.2, 0.25) is 0 Å². The van der Waals surface area contributed by atoms with Gasteiger partial charge in [0.25, 0.3) is 0 Å². The molecule has 0 saturated heterocycles. The highest BCUT2D eigenvalue weighted by atomic mass is 16.2. The van der Waals surface area contributed by atoms with Crippen LogP contribution in [-0.2, 0) is 27.2 Å². The number of nitrogens with one attached hydrogen (secondary N) is 3. The Hall–Kier alpha value is -6.21. The van der Waals surface area contributed by atoms with Gasteiger partial charge in [0, 0.05) is 19.5 Å². The van der Waals surface area contributed by atoms with Gasteiger partial charge in [0.2, 0.25) is 17.7 Å². The van der Waals surface area contributed by atoms with Crippen LogP contribution in [0.1, 0.15) is 24.0 Å². The summed E-state index contributed by atoms with van der Waals surface area (Å²) in [6.07, 6.45) is 1.68. The monoisotopic (exact) mass is 704 g/mol. The molecule has 0 aromatic heterocycles. The minimum atomic E-state index is -1.21. The summed E-state index contributed by atoms with van der Waals surface area (Å²) in [4.78, 5) is 48.4. The molecule has 4 aromatic rings. The number of nitrogens with two attached hydrogens (primary N) is 5. The smallest absolute Gasteiger partial charge is 0.245 e. The van der Waals surface area contributed by atoms with Crippen molar-refractivity contribution >= 4 is 29.6 Å². The van der Waals surface area contributed by atoms with Gasteiger partial charge >= 0.3 is 0 Å². The lowest BCUT2D eigenvalue weighted by Crippen LogP contribution is -2.57. The molecule has 272 valence electrons. The lowest BCUT2D eigenvalue weighted by molar-refractivity contribution is -0.132. The fourth-order valence-corrected chi connectivity index (χ4v) is 5.44. The molecule has 4 aromatic carbocycles. The van der Waals surface area contributed by atoms with Crippen LogP contribution in [0.3, 0.4) is 0 Å². The van der Waals surface area contributed by atoms with Crippen molar-refractivity contribution in [3.8, 4) is 22.3 Å². The van der Waals surface area contributed by atoms with Crippen molar-refractivity contribution in [3.05, 3.63) is 120 Å². The highest BCUT2D eigenvalue weighted by molar-refractivity contribution is 5.93. The number of rotatable bonds is 18. The van der Waals surface area contributed by atoms with Gasteiger partial charge in [-0.2, -0.15) is 0 Å². The summed E-state index contributed by atoms with van der Waals surface area (Å²) in [6.45, 7) is 0.510. The molecular weight excluding hydrogens is 656 g/mol. The maximum atomic E-state index is 13.7. The molecule has 13 heteroatoms. The number of hydrogen-bond acceptors (Lipinski definition) is 6. The number of unbranched alkanes of at least 4 members (excludes halogenated alkanes) is 1. The van der Waals surface area contributed by atoms with Crippen molar-refractivity contribution in [3.63, 3.8) is 0 Å². The standard InChI is InChI=1S/C39H48N10O3/c40-32(23-26-13-17-30(18-14-26)28-9-3-1-4-10-28)35(50)49-34(25-47-39(43)44)37(52)48-33(36(51)45-21-7-8-22-46-38(41)42)24-27-15-19-31(20-16-27)29-11-5-2-6-12-29/h1-6,9-20,32-34H,7-8,21-25,40H2,(H,45,51)(H,48,52)(H,49,50)(H4,41,42,46)(H4,43,44,47)/t32-,33-,34-/m0/s1. The Kier molecular flexibility index (Phi) is 14.7. The topological polar surface area (TPSA) is 242 Å². The second-order valence-corrected chi connectivity index (χ2v) is 12.3. The van der Waals surface area contributed by atoms with E-state index in [0.29, 0.717) is 25.9 Å². The van der Waals surface area contributed by atoms with E-state index in [-0.39, 0.29) is 31.3 Å². The largest absolute Gasteiger partial charge is 0.370 e. The van der Waals surface area contributed by atoms with Crippen LogP contribution in [0, 0.1) is 0 Å². The Labute approximate surface area is 304 Å². The minimum absolute atomic E-state index is 0.00548. The molecule has 52 heavy (non-hydrogen) atoms. The summed E-state index contributed by atoms with van der Waals surface area (Å²) in [6, 6.07) is 32.2. The fraction of sp³-hybridized carbons (Fsp3) is 0.256. The molecule has 0 aliphatic carbocycles. The van der Waals surface area contributed by atoms with E-state index in [1.807, 2.05) is 109 Å². The maximum Gasteiger partial charge on any atom is 0.245 e. The first-order valence-electron chi connectivity index (χ1n) is 17.1. The number of aliphatic imine (C=N–C) groups is 2. The third-order valence-corrected chi connectivity index (χ3v) is 8.26. The van der Waals surface area contributed by atoms with Crippen LogP contribution < -0.4 is 44.6 Å². The molecule has 4 rings (SSSR count). The molecule has 0 bridgehead atoms. The fourth-order valence-electron chi connectivity index (χ4n) is 5.44. The number of benzene rings is 4. The molecule has 0 fully saturated rings. The minimum Gasteiger partial charge on any atom is -0.370 e. The van der Waals surface area contributed by atoms with Crippen LogP contribution in [0.25, 0.3) is 22.3 Å². The van der Waals surface area contributed by atoms with Gasteiger partial charge < -0.3 is 44.6 Å². The average molecular weight is 705 g/mol. The normalized spacial score (nSPS) is 12.4. The van der Waals surface area contributed by atoms with Gasteiger partial charge in [-0.05, 0) is 52.6 Å². The summed E-state index contributed by atoms with van der Waals surface area (Å²) in [5.41, 5.74) is 34.1. The molecule has 0 aliphatic rings. The number of carbonyl (C=O) groups excluding carboxylic acids is 3. The molecule has 13 N–H and O–H groups in total. The number of guanidine groups is 2.